The first-order valence-corrected chi connectivity index (χ1v) is 9.40. The highest BCUT2D eigenvalue weighted by Crippen LogP contribution is 2.39. The van der Waals surface area contributed by atoms with Crippen molar-refractivity contribution in [2.24, 2.45) is 0 Å². The van der Waals surface area contributed by atoms with Crippen LogP contribution in [0.3, 0.4) is 0 Å². The minimum atomic E-state index is -0.758. The van der Waals surface area contributed by atoms with Crippen LogP contribution in [0.1, 0.15) is 44.1 Å². The lowest BCUT2D eigenvalue weighted by Crippen LogP contribution is -2.28. The molecule has 1 aliphatic rings. The molecular formula is C22H29NO4. The van der Waals surface area contributed by atoms with Crippen LogP contribution in [-0.2, 0) is 14.9 Å². The van der Waals surface area contributed by atoms with E-state index in [1.165, 1.54) is 25.4 Å². The third kappa shape index (κ3) is 5.43. The standard InChI is InChI=1S/C22H29NO4/c1-4-25-14-12-22(17-23,13-15-26-5-2)18-10-11-20(24-3)21(16-18)27-19-8-6-7-9-19/h4-5,10-11,16,19H,1-2,6-9,12-15H2,3H3. The second kappa shape index (κ2) is 10.5. The van der Waals surface area contributed by atoms with Crippen LogP contribution < -0.4 is 9.47 Å². The molecule has 1 aromatic carbocycles. The summed E-state index contributed by atoms with van der Waals surface area (Å²) in [7, 11) is 1.63. The average molecular weight is 371 g/mol. The SMILES string of the molecule is C=COCCC(C#N)(CCOC=C)c1ccc(OC)c(OC2CCCC2)c1. The maximum absolute atomic E-state index is 10.0. The largest absolute Gasteiger partial charge is 0.502 e. The van der Waals surface area contributed by atoms with E-state index in [0.717, 1.165) is 18.4 Å². The van der Waals surface area contributed by atoms with E-state index in [9.17, 15) is 5.26 Å². The van der Waals surface area contributed by atoms with Gasteiger partial charge in [-0.2, -0.15) is 5.26 Å². The molecule has 0 heterocycles. The Balaban J connectivity index is 2.32. The Bertz CT molecular complexity index is 645. The first-order chi connectivity index (χ1) is 13.2. The molecule has 5 heteroatoms. The number of benzene rings is 1. The van der Waals surface area contributed by atoms with Gasteiger partial charge in [0.1, 0.15) is 0 Å². The van der Waals surface area contributed by atoms with Crippen molar-refractivity contribution in [2.75, 3.05) is 20.3 Å². The molecule has 0 N–H and O–H groups in total. The fourth-order valence-corrected chi connectivity index (χ4v) is 3.48. The van der Waals surface area contributed by atoms with Gasteiger partial charge in [-0.25, -0.2) is 0 Å². The van der Waals surface area contributed by atoms with E-state index in [0.29, 0.717) is 37.6 Å². The Morgan fingerprint density at radius 2 is 1.74 bits per heavy atom. The summed E-state index contributed by atoms with van der Waals surface area (Å²) in [6.07, 6.45) is 8.51. The van der Waals surface area contributed by atoms with Gasteiger partial charge in [0.2, 0.25) is 0 Å². The van der Waals surface area contributed by atoms with E-state index >= 15 is 0 Å². The van der Waals surface area contributed by atoms with Crippen molar-refractivity contribution < 1.29 is 18.9 Å². The molecule has 0 aromatic heterocycles. The molecule has 0 spiro atoms. The van der Waals surface area contributed by atoms with Crippen LogP contribution in [0.4, 0.5) is 0 Å². The Morgan fingerprint density at radius 1 is 1.11 bits per heavy atom. The zero-order chi connectivity index (χ0) is 19.5. The molecule has 0 radical (unpaired) electrons. The molecular weight excluding hydrogens is 342 g/mol. The number of hydrogen-bond acceptors (Lipinski definition) is 5. The molecule has 27 heavy (non-hydrogen) atoms. The van der Waals surface area contributed by atoms with Crippen LogP contribution in [0.25, 0.3) is 0 Å². The van der Waals surface area contributed by atoms with E-state index in [2.05, 4.69) is 19.2 Å². The summed E-state index contributed by atoms with van der Waals surface area (Å²) in [6.45, 7) is 7.94. The van der Waals surface area contributed by atoms with E-state index < -0.39 is 5.41 Å². The number of nitriles is 1. The van der Waals surface area contributed by atoms with E-state index in [-0.39, 0.29) is 6.10 Å². The molecule has 146 valence electrons. The van der Waals surface area contributed by atoms with Crippen molar-refractivity contribution >= 4 is 0 Å². The monoisotopic (exact) mass is 371 g/mol. The highest BCUT2D eigenvalue weighted by Gasteiger charge is 2.33. The molecule has 1 saturated carbocycles. The van der Waals surface area contributed by atoms with Gasteiger partial charge in [0.05, 0.1) is 50.4 Å². The zero-order valence-corrected chi connectivity index (χ0v) is 16.1. The van der Waals surface area contributed by atoms with Crippen molar-refractivity contribution in [1.82, 2.24) is 0 Å². The van der Waals surface area contributed by atoms with Gasteiger partial charge in [0, 0.05) is 12.8 Å². The predicted molar refractivity (Wildman–Crippen MR) is 105 cm³/mol. The molecule has 5 nitrogen and oxygen atoms in total. The lowest BCUT2D eigenvalue weighted by Gasteiger charge is -2.28. The number of rotatable bonds is 12. The highest BCUT2D eigenvalue weighted by molar-refractivity contribution is 5.47. The first-order valence-electron chi connectivity index (χ1n) is 9.40. The number of hydrogen-bond donors (Lipinski definition) is 0. The molecule has 1 fully saturated rings. The number of nitrogens with zero attached hydrogens (tertiary/aromatic N) is 1. The van der Waals surface area contributed by atoms with Crippen LogP contribution in [-0.4, -0.2) is 26.4 Å². The molecule has 1 aromatic rings. The lowest BCUT2D eigenvalue weighted by atomic mass is 9.76. The normalized spacial score (nSPS) is 14.2. The van der Waals surface area contributed by atoms with Crippen LogP contribution in [0.5, 0.6) is 11.5 Å². The topological polar surface area (TPSA) is 60.7 Å². The van der Waals surface area contributed by atoms with E-state index in [1.54, 1.807) is 7.11 Å². The summed E-state index contributed by atoms with van der Waals surface area (Å²) in [5, 5.41) is 10.0. The van der Waals surface area contributed by atoms with Crippen LogP contribution in [0.15, 0.2) is 43.9 Å². The second-order valence-corrected chi connectivity index (χ2v) is 6.66. The van der Waals surface area contributed by atoms with Gasteiger partial charge in [-0.1, -0.05) is 19.2 Å². The van der Waals surface area contributed by atoms with Crippen molar-refractivity contribution in [3.8, 4) is 17.6 Å². The fourth-order valence-electron chi connectivity index (χ4n) is 3.48. The van der Waals surface area contributed by atoms with Crippen LogP contribution >= 0.6 is 0 Å². The molecule has 1 aliphatic carbocycles. The second-order valence-electron chi connectivity index (χ2n) is 6.66. The number of ether oxygens (including phenoxy) is 4. The van der Waals surface area contributed by atoms with Gasteiger partial charge in [0.15, 0.2) is 11.5 Å². The smallest absolute Gasteiger partial charge is 0.161 e. The van der Waals surface area contributed by atoms with E-state index in [1.807, 2.05) is 18.2 Å². The number of methoxy groups -OCH3 is 1. The third-order valence-corrected chi connectivity index (χ3v) is 5.06. The van der Waals surface area contributed by atoms with Gasteiger partial charge in [-0.3, -0.25) is 0 Å². The maximum Gasteiger partial charge on any atom is 0.161 e. The van der Waals surface area contributed by atoms with Gasteiger partial charge in [0.25, 0.3) is 0 Å². The van der Waals surface area contributed by atoms with Gasteiger partial charge >= 0.3 is 0 Å². The molecule has 0 amide bonds. The van der Waals surface area contributed by atoms with Crippen LogP contribution in [0, 0.1) is 11.3 Å². The van der Waals surface area contributed by atoms with Crippen molar-refractivity contribution in [3.05, 3.63) is 49.4 Å². The van der Waals surface area contributed by atoms with Crippen LogP contribution in [0.2, 0.25) is 0 Å². The molecule has 0 saturated heterocycles. The summed E-state index contributed by atoms with van der Waals surface area (Å²) in [4.78, 5) is 0. The molecule has 0 bridgehead atoms. The third-order valence-electron chi connectivity index (χ3n) is 5.06. The van der Waals surface area contributed by atoms with Crippen molar-refractivity contribution in [3.63, 3.8) is 0 Å². The van der Waals surface area contributed by atoms with Crippen molar-refractivity contribution in [1.29, 1.82) is 5.26 Å². The quantitative estimate of drug-likeness (QED) is 0.387. The first kappa shape index (κ1) is 20.7. The lowest BCUT2D eigenvalue weighted by molar-refractivity contribution is 0.186. The summed E-state index contributed by atoms with van der Waals surface area (Å²) in [5.41, 5.74) is 0.116. The fraction of sp³-hybridized carbons (Fsp3) is 0.500. The summed E-state index contributed by atoms with van der Waals surface area (Å²) in [6, 6.07) is 8.21. The Hall–Kier alpha value is -2.61. The van der Waals surface area contributed by atoms with Gasteiger partial charge in [-0.05, 0) is 43.4 Å². The zero-order valence-electron chi connectivity index (χ0n) is 16.1. The molecule has 2 rings (SSSR count). The summed E-state index contributed by atoms with van der Waals surface area (Å²) < 4.78 is 22.3. The molecule has 0 aliphatic heterocycles. The summed E-state index contributed by atoms with van der Waals surface area (Å²) >= 11 is 0. The Labute approximate surface area is 162 Å². The Kier molecular flexibility index (Phi) is 8.06. The van der Waals surface area contributed by atoms with Gasteiger partial charge in [-0.15, -0.1) is 0 Å². The highest BCUT2D eigenvalue weighted by atomic mass is 16.5. The predicted octanol–water partition coefficient (Wildman–Crippen LogP) is 4.88. The van der Waals surface area contributed by atoms with Gasteiger partial charge < -0.3 is 18.9 Å². The minimum absolute atomic E-state index is 0.207. The molecule has 0 unspecified atom stereocenters. The summed E-state index contributed by atoms with van der Waals surface area (Å²) in [5.74, 6) is 1.37. The van der Waals surface area contributed by atoms with Crippen molar-refractivity contribution in [2.45, 2.75) is 50.0 Å². The van der Waals surface area contributed by atoms with E-state index in [4.69, 9.17) is 18.9 Å². The minimum Gasteiger partial charge on any atom is -0.502 e. The Morgan fingerprint density at radius 3 is 2.26 bits per heavy atom. The maximum atomic E-state index is 10.0. The average Bonchev–Trinajstić information content (AvgIpc) is 3.20. The molecule has 0 atom stereocenters.